The summed E-state index contributed by atoms with van der Waals surface area (Å²) in [5.41, 5.74) is 2.18. The van der Waals surface area contributed by atoms with Crippen LogP contribution in [0.1, 0.15) is 33.3 Å². The van der Waals surface area contributed by atoms with Crippen LogP contribution >= 0.6 is 0 Å². The molecule has 0 spiro atoms. The van der Waals surface area contributed by atoms with E-state index in [0.29, 0.717) is 0 Å². The van der Waals surface area contributed by atoms with Gasteiger partial charge in [0.1, 0.15) is 5.42 Å². The Morgan fingerprint density at radius 1 is 1.17 bits per heavy atom. The van der Waals surface area contributed by atoms with Gasteiger partial charge in [0.05, 0.1) is 6.26 Å². The van der Waals surface area contributed by atoms with Crippen molar-refractivity contribution in [2.75, 3.05) is 0 Å². The molecular weight excluding hydrogens is 148 g/mol. The van der Waals surface area contributed by atoms with E-state index >= 15 is 0 Å². The average Bonchev–Trinajstić information content (AvgIpc) is 2.49. The number of rotatable bonds is 0. The van der Waals surface area contributed by atoms with E-state index in [-0.39, 0.29) is 0 Å². The minimum Gasteiger partial charge on any atom is -0.464 e. The van der Waals surface area contributed by atoms with Crippen molar-refractivity contribution < 1.29 is 4.42 Å². The molecule has 0 aliphatic rings. The highest BCUT2D eigenvalue weighted by molar-refractivity contribution is 5.28. The predicted molar refractivity (Wildman–Crippen MR) is 54.3 cm³/mol. The van der Waals surface area contributed by atoms with E-state index in [1.807, 2.05) is 40.7 Å². The summed E-state index contributed by atoms with van der Waals surface area (Å²) < 4.78 is 5.25. The quantitative estimate of drug-likeness (QED) is 0.576. The van der Waals surface area contributed by atoms with Crippen molar-refractivity contribution in [3.05, 3.63) is 22.5 Å². The summed E-state index contributed by atoms with van der Waals surface area (Å²) in [5.74, 6) is 0. The van der Waals surface area contributed by atoms with Crippen LogP contribution < -0.4 is 10.6 Å². The van der Waals surface area contributed by atoms with Gasteiger partial charge in [0, 0.05) is 5.22 Å². The molecule has 1 heterocycles. The van der Waals surface area contributed by atoms with Crippen LogP contribution in [-0.2, 0) is 0 Å². The Morgan fingerprint density at radius 3 is 2.08 bits per heavy atom. The second-order valence-corrected chi connectivity index (χ2v) is 2.27. The third kappa shape index (κ3) is 2.26. The maximum Gasteiger partial charge on any atom is 0.129 e. The van der Waals surface area contributed by atoms with Crippen LogP contribution in [0.4, 0.5) is 0 Å². The lowest BCUT2D eigenvalue weighted by atomic mass is 10.3. The fourth-order valence-corrected chi connectivity index (χ4v) is 1.07. The second kappa shape index (κ2) is 5.64. The Kier molecular flexibility index (Phi) is 5.18. The van der Waals surface area contributed by atoms with Crippen molar-refractivity contribution in [1.29, 1.82) is 0 Å². The van der Waals surface area contributed by atoms with E-state index in [2.05, 4.69) is 6.08 Å². The van der Waals surface area contributed by atoms with Gasteiger partial charge in [-0.25, -0.2) is 0 Å². The molecule has 0 saturated carbocycles. The molecule has 0 unspecified atom stereocenters. The molecule has 0 bridgehead atoms. The Bertz CT molecular complexity index is 317. The van der Waals surface area contributed by atoms with Crippen LogP contribution in [0.25, 0.3) is 12.2 Å². The summed E-state index contributed by atoms with van der Waals surface area (Å²) in [6.45, 7) is 10.0. The molecule has 1 aromatic rings. The van der Waals surface area contributed by atoms with Crippen LogP contribution in [-0.4, -0.2) is 0 Å². The lowest BCUT2D eigenvalue weighted by Crippen LogP contribution is -2.20. The van der Waals surface area contributed by atoms with E-state index < -0.39 is 0 Å². The van der Waals surface area contributed by atoms with Crippen molar-refractivity contribution >= 4 is 12.2 Å². The van der Waals surface area contributed by atoms with Gasteiger partial charge in [-0.05, 0) is 32.4 Å². The zero-order valence-electron chi connectivity index (χ0n) is 8.64. The summed E-state index contributed by atoms with van der Waals surface area (Å²) in [7, 11) is 0. The molecule has 0 amide bonds. The molecule has 1 heteroatoms. The number of hydrogen-bond acceptors (Lipinski definition) is 1. The molecule has 1 rings (SSSR count). The topological polar surface area (TPSA) is 13.1 Å². The number of aryl methyl sites for hydroxylation is 1. The van der Waals surface area contributed by atoms with E-state index in [9.17, 15) is 0 Å². The zero-order chi connectivity index (χ0) is 9.56. The monoisotopic (exact) mass is 166 g/mol. The van der Waals surface area contributed by atoms with E-state index in [1.54, 1.807) is 6.26 Å². The summed E-state index contributed by atoms with van der Waals surface area (Å²) in [6.07, 6.45) is 5.82. The SMILES string of the molecule is C/C=c1/c(C)co/c1=C/C.CC. The van der Waals surface area contributed by atoms with Crippen LogP contribution in [0, 0.1) is 6.92 Å². The van der Waals surface area contributed by atoms with Gasteiger partial charge >= 0.3 is 0 Å². The first kappa shape index (κ1) is 11.0. The largest absolute Gasteiger partial charge is 0.464 e. The van der Waals surface area contributed by atoms with Crippen LogP contribution in [0.3, 0.4) is 0 Å². The van der Waals surface area contributed by atoms with Crippen molar-refractivity contribution in [2.24, 2.45) is 0 Å². The molecule has 12 heavy (non-hydrogen) atoms. The molecule has 0 fully saturated rings. The summed E-state index contributed by atoms with van der Waals surface area (Å²) in [5, 5.41) is 1.21. The lowest BCUT2D eigenvalue weighted by Gasteiger charge is -1.75. The maximum absolute atomic E-state index is 5.25. The Balaban J connectivity index is 0.000000561. The standard InChI is InChI=1S/C9H12O.C2H6/c1-4-8-7(3)6-10-9(8)5-2;1-2/h4-6H,1-3H3;1-2H3/b8-4-,9-5+;. The van der Waals surface area contributed by atoms with E-state index in [0.717, 1.165) is 5.42 Å². The van der Waals surface area contributed by atoms with Gasteiger partial charge in [-0.1, -0.05) is 19.9 Å². The van der Waals surface area contributed by atoms with Gasteiger partial charge < -0.3 is 4.42 Å². The summed E-state index contributed by atoms with van der Waals surface area (Å²) >= 11 is 0. The molecule has 0 aromatic carbocycles. The fraction of sp³-hybridized carbons (Fsp3) is 0.455. The molecule has 0 N–H and O–H groups in total. The third-order valence-corrected chi connectivity index (χ3v) is 1.60. The zero-order valence-corrected chi connectivity index (χ0v) is 8.64. The van der Waals surface area contributed by atoms with Crippen molar-refractivity contribution in [1.82, 2.24) is 0 Å². The first-order valence-electron chi connectivity index (χ1n) is 4.46. The van der Waals surface area contributed by atoms with Gasteiger partial charge in [0.2, 0.25) is 0 Å². The average molecular weight is 166 g/mol. The minimum absolute atomic E-state index is 0.972. The summed E-state index contributed by atoms with van der Waals surface area (Å²) in [6, 6.07) is 0. The molecular formula is C11H18O. The molecule has 0 atom stereocenters. The number of hydrogen-bond donors (Lipinski definition) is 0. The second-order valence-electron chi connectivity index (χ2n) is 2.27. The van der Waals surface area contributed by atoms with E-state index in [1.165, 1.54) is 10.8 Å². The Labute approximate surface area is 74.4 Å². The first-order chi connectivity index (χ1) is 5.79. The van der Waals surface area contributed by atoms with Crippen molar-refractivity contribution in [3.8, 4) is 0 Å². The molecule has 68 valence electrons. The van der Waals surface area contributed by atoms with Gasteiger partial charge in [0.25, 0.3) is 0 Å². The third-order valence-electron chi connectivity index (χ3n) is 1.60. The Hall–Kier alpha value is -0.980. The van der Waals surface area contributed by atoms with Crippen LogP contribution in [0.15, 0.2) is 10.7 Å². The highest BCUT2D eigenvalue weighted by Crippen LogP contribution is 1.82. The first-order valence-corrected chi connectivity index (χ1v) is 4.46. The smallest absolute Gasteiger partial charge is 0.129 e. The maximum atomic E-state index is 5.25. The van der Waals surface area contributed by atoms with Gasteiger partial charge in [-0.2, -0.15) is 0 Å². The summed E-state index contributed by atoms with van der Waals surface area (Å²) in [4.78, 5) is 0. The molecule has 1 nitrogen and oxygen atoms in total. The van der Waals surface area contributed by atoms with Gasteiger partial charge in [0.15, 0.2) is 0 Å². The number of furan rings is 1. The molecule has 0 saturated heterocycles. The lowest BCUT2D eigenvalue weighted by molar-refractivity contribution is 0.529. The molecule has 0 radical (unpaired) electrons. The highest BCUT2D eigenvalue weighted by Gasteiger charge is 1.91. The van der Waals surface area contributed by atoms with Crippen LogP contribution in [0.2, 0.25) is 0 Å². The molecule has 0 aliphatic carbocycles. The highest BCUT2D eigenvalue weighted by atomic mass is 16.3. The Morgan fingerprint density at radius 2 is 1.75 bits per heavy atom. The van der Waals surface area contributed by atoms with Gasteiger partial charge in [-0.3, -0.25) is 0 Å². The minimum atomic E-state index is 0.972. The predicted octanol–water partition coefficient (Wildman–Crippen LogP) is 2.22. The molecule has 1 aromatic heterocycles. The molecule has 0 aliphatic heterocycles. The van der Waals surface area contributed by atoms with Crippen molar-refractivity contribution in [2.45, 2.75) is 34.6 Å². The van der Waals surface area contributed by atoms with E-state index in [4.69, 9.17) is 4.42 Å². The normalized spacial score (nSPS) is 12.8. The van der Waals surface area contributed by atoms with Gasteiger partial charge in [-0.15, -0.1) is 0 Å². The van der Waals surface area contributed by atoms with Crippen LogP contribution in [0.5, 0.6) is 0 Å². The van der Waals surface area contributed by atoms with Crippen molar-refractivity contribution in [3.63, 3.8) is 0 Å². The fourth-order valence-electron chi connectivity index (χ4n) is 1.07.